The Hall–Kier alpha value is -1.82. The summed E-state index contributed by atoms with van der Waals surface area (Å²) in [6.07, 6.45) is 5.10. The van der Waals surface area contributed by atoms with E-state index in [0.717, 1.165) is 23.1 Å². The molecule has 2 heterocycles. The molecule has 2 aromatic rings. The summed E-state index contributed by atoms with van der Waals surface area (Å²) < 4.78 is 2.07. The van der Waals surface area contributed by atoms with Crippen LogP contribution in [0, 0.1) is 6.92 Å². The fraction of sp³-hybridized carbons (Fsp3) is 0.250. The number of thioether (sulfide) groups is 1. The quantitative estimate of drug-likeness (QED) is 0.836. The van der Waals surface area contributed by atoms with Crippen LogP contribution in [-0.4, -0.2) is 31.4 Å². The largest absolute Gasteiger partial charge is 0.478 e. The first kappa shape index (κ1) is 12.6. The van der Waals surface area contributed by atoms with Gasteiger partial charge in [0, 0.05) is 30.9 Å². The zero-order valence-corrected chi connectivity index (χ0v) is 10.7. The molecule has 0 radical (unpaired) electrons. The molecule has 6 heteroatoms. The summed E-state index contributed by atoms with van der Waals surface area (Å²) in [6, 6.07) is 3.30. The molecule has 94 valence electrons. The molecular formula is C12H13N3O2S. The molecular weight excluding hydrogens is 250 g/mol. The van der Waals surface area contributed by atoms with Crippen LogP contribution < -0.4 is 0 Å². The average Bonchev–Trinajstić information content (AvgIpc) is 2.76. The van der Waals surface area contributed by atoms with E-state index in [1.807, 2.05) is 13.1 Å². The van der Waals surface area contributed by atoms with E-state index < -0.39 is 5.97 Å². The standard InChI is InChI=1S/C12H13N3O2S/c1-9-13-4-5-15(9)6-7-18-11-3-2-10(8-14-11)12(16)17/h2-5,8H,6-7H2,1H3,(H,16,17). The number of pyridine rings is 1. The van der Waals surface area contributed by atoms with E-state index in [4.69, 9.17) is 5.11 Å². The zero-order valence-electron chi connectivity index (χ0n) is 9.91. The third kappa shape index (κ3) is 3.10. The molecule has 1 N–H and O–H groups in total. The summed E-state index contributed by atoms with van der Waals surface area (Å²) in [4.78, 5) is 18.9. The van der Waals surface area contributed by atoms with Gasteiger partial charge in [-0.15, -0.1) is 11.8 Å². The molecule has 0 saturated carbocycles. The van der Waals surface area contributed by atoms with Crippen molar-refractivity contribution < 1.29 is 9.90 Å². The molecule has 0 spiro atoms. The Bertz CT molecular complexity index is 537. The number of aryl methyl sites for hydroxylation is 2. The van der Waals surface area contributed by atoms with Crippen LogP contribution in [0.1, 0.15) is 16.2 Å². The summed E-state index contributed by atoms with van der Waals surface area (Å²) in [5.74, 6) is 0.911. The molecule has 0 aliphatic rings. The van der Waals surface area contributed by atoms with E-state index in [9.17, 15) is 4.79 Å². The third-order valence-electron chi connectivity index (χ3n) is 2.49. The molecule has 2 rings (SSSR count). The Labute approximate surface area is 109 Å². The number of aromatic carboxylic acids is 1. The Morgan fingerprint density at radius 3 is 2.83 bits per heavy atom. The van der Waals surface area contributed by atoms with Gasteiger partial charge < -0.3 is 9.67 Å². The highest BCUT2D eigenvalue weighted by molar-refractivity contribution is 7.99. The van der Waals surface area contributed by atoms with Crippen LogP contribution in [0.2, 0.25) is 0 Å². The number of aromatic nitrogens is 3. The number of imidazole rings is 1. The molecule has 0 saturated heterocycles. The van der Waals surface area contributed by atoms with E-state index in [-0.39, 0.29) is 5.56 Å². The van der Waals surface area contributed by atoms with Gasteiger partial charge in [-0.3, -0.25) is 0 Å². The Morgan fingerprint density at radius 2 is 2.28 bits per heavy atom. The molecule has 0 amide bonds. The highest BCUT2D eigenvalue weighted by Gasteiger charge is 2.03. The molecule has 0 aliphatic carbocycles. The fourth-order valence-corrected chi connectivity index (χ4v) is 2.27. The Morgan fingerprint density at radius 1 is 1.44 bits per heavy atom. The first-order valence-electron chi connectivity index (χ1n) is 5.46. The molecule has 0 atom stereocenters. The minimum atomic E-state index is -0.951. The molecule has 2 aromatic heterocycles. The molecule has 0 bridgehead atoms. The predicted octanol–water partition coefficient (Wildman–Crippen LogP) is 2.08. The number of hydrogen-bond donors (Lipinski definition) is 1. The molecule has 18 heavy (non-hydrogen) atoms. The van der Waals surface area contributed by atoms with Crippen molar-refractivity contribution in [2.45, 2.75) is 18.5 Å². The number of nitrogens with zero attached hydrogens (tertiary/aromatic N) is 3. The Kier molecular flexibility index (Phi) is 3.99. The highest BCUT2D eigenvalue weighted by atomic mass is 32.2. The minimum Gasteiger partial charge on any atom is -0.478 e. The summed E-state index contributed by atoms with van der Waals surface area (Å²) >= 11 is 1.60. The van der Waals surface area contributed by atoms with Crippen molar-refractivity contribution in [3.8, 4) is 0 Å². The van der Waals surface area contributed by atoms with Crippen LogP contribution in [0.3, 0.4) is 0 Å². The van der Waals surface area contributed by atoms with Gasteiger partial charge in [-0.25, -0.2) is 14.8 Å². The van der Waals surface area contributed by atoms with Crippen molar-refractivity contribution in [3.05, 3.63) is 42.1 Å². The van der Waals surface area contributed by atoms with Crippen LogP contribution >= 0.6 is 11.8 Å². The van der Waals surface area contributed by atoms with Crippen LogP contribution in [0.25, 0.3) is 0 Å². The first-order chi connectivity index (χ1) is 8.66. The number of carboxylic acids is 1. The lowest BCUT2D eigenvalue weighted by molar-refractivity contribution is 0.0696. The zero-order chi connectivity index (χ0) is 13.0. The lowest BCUT2D eigenvalue weighted by Crippen LogP contribution is -2.02. The molecule has 0 unspecified atom stereocenters. The number of carbonyl (C=O) groups is 1. The average molecular weight is 263 g/mol. The van der Waals surface area contributed by atoms with Crippen LogP contribution in [-0.2, 0) is 6.54 Å². The van der Waals surface area contributed by atoms with Crippen molar-refractivity contribution in [2.75, 3.05) is 5.75 Å². The number of carboxylic acid groups (broad SMARTS) is 1. The summed E-state index contributed by atoms with van der Waals surface area (Å²) in [6.45, 7) is 2.82. The lowest BCUT2D eigenvalue weighted by Gasteiger charge is -2.04. The maximum Gasteiger partial charge on any atom is 0.337 e. The predicted molar refractivity (Wildman–Crippen MR) is 68.9 cm³/mol. The van der Waals surface area contributed by atoms with Crippen LogP contribution in [0.4, 0.5) is 0 Å². The molecule has 0 aliphatic heterocycles. The van der Waals surface area contributed by atoms with Gasteiger partial charge in [0.25, 0.3) is 0 Å². The van der Waals surface area contributed by atoms with E-state index >= 15 is 0 Å². The van der Waals surface area contributed by atoms with Crippen molar-refractivity contribution in [2.24, 2.45) is 0 Å². The highest BCUT2D eigenvalue weighted by Crippen LogP contribution is 2.15. The minimum absolute atomic E-state index is 0.213. The van der Waals surface area contributed by atoms with Crippen molar-refractivity contribution in [1.82, 2.24) is 14.5 Å². The van der Waals surface area contributed by atoms with E-state index in [1.54, 1.807) is 30.1 Å². The molecule has 5 nitrogen and oxygen atoms in total. The maximum absolute atomic E-state index is 10.7. The van der Waals surface area contributed by atoms with Crippen LogP contribution in [0.5, 0.6) is 0 Å². The van der Waals surface area contributed by atoms with Gasteiger partial charge in [-0.1, -0.05) is 0 Å². The third-order valence-corrected chi connectivity index (χ3v) is 3.41. The monoisotopic (exact) mass is 263 g/mol. The van der Waals surface area contributed by atoms with Gasteiger partial charge in [0.2, 0.25) is 0 Å². The fourth-order valence-electron chi connectivity index (χ4n) is 1.48. The van der Waals surface area contributed by atoms with Gasteiger partial charge in [0.1, 0.15) is 5.82 Å². The lowest BCUT2D eigenvalue weighted by atomic mass is 10.3. The van der Waals surface area contributed by atoms with Gasteiger partial charge in [0.05, 0.1) is 10.6 Å². The van der Waals surface area contributed by atoms with Gasteiger partial charge in [-0.2, -0.15) is 0 Å². The Balaban J connectivity index is 1.87. The molecule has 0 fully saturated rings. The van der Waals surface area contributed by atoms with Crippen molar-refractivity contribution >= 4 is 17.7 Å². The van der Waals surface area contributed by atoms with E-state index in [1.165, 1.54) is 6.20 Å². The summed E-state index contributed by atoms with van der Waals surface area (Å²) in [5, 5.41) is 9.58. The van der Waals surface area contributed by atoms with Crippen LogP contribution in [0.15, 0.2) is 35.7 Å². The van der Waals surface area contributed by atoms with Gasteiger partial charge >= 0.3 is 5.97 Å². The second-order valence-electron chi connectivity index (χ2n) is 3.71. The number of rotatable bonds is 5. The summed E-state index contributed by atoms with van der Waals surface area (Å²) in [7, 11) is 0. The van der Waals surface area contributed by atoms with Crippen molar-refractivity contribution in [1.29, 1.82) is 0 Å². The topological polar surface area (TPSA) is 68.0 Å². The first-order valence-corrected chi connectivity index (χ1v) is 6.45. The van der Waals surface area contributed by atoms with Gasteiger partial charge in [0.15, 0.2) is 0 Å². The number of hydrogen-bond acceptors (Lipinski definition) is 4. The van der Waals surface area contributed by atoms with Gasteiger partial charge in [-0.05, 0) is 19.1 Å². The normalized spacial score (nSPS) is 10.5. The second kappa shape index (κ2) is 5.68. The smallest absolute Gasteiger partial charge is 0.337 e. The second-order valence-corrected chi connectivity index (χ2v) is 4.82. The molecule has 0 aromatic carbocycles. The SMILES string of the molecule is Cc1nccn1CCSc1ccc(C(=O)O)cn1. The maximum atomic E-state index is 10.7. The van der Waals surface area contributed by atoms with Crippen molar-refractivity contribution in [3.63, 3.8) is 0 Å². The van der Waals surface area contributed by atoms with E-state index in [2.05, 4.69) is 14.5 Å². The van der Waals surface area contributed by atoms with E-state index in [0.29, 0.717) is 0 Å². The summed E-state index contributed by atoms with van der Waals surface area (Å²) in [5.41, 5.74) is 0.213.